The van der Waals surface area contributed by atoms with Crippen molar-refractivity contribution in [1.82, 2.24) is 5.32 Å². The van der Waals surface area contributed by atoms with Gasteiger partial charge in [0.1, 0.15) is 0 Å². The largest absolute Gasteiger partial charge is 0.454 e. The van der Waals surface area contributed by atoms with Crippen LogP contribution < -0.4 is 14.8 Å². The second-order valence-electron chi connectivity index (χ2n) is 5.60. The lowest BCUT2D eigenvalue weighted by molar-refractivity contribution is 0.173. The van der Waals surface area contributed by atoms with Gasteiger partial charge in [0.2, 0.25) is 6.79 Å². The summed E-state index contributed by atoms with van der Waals surface area (Å²) < 4.78 is 10.9. The lowest BCUT2D eigenvalue weighted by Crippen LogP contribution is -2.18. The van der Waals surface area contributed by atoms with Crippen LogP contribution in [0.15, 0.2) is 36.4 Å². The van der Waals surface area contributed by atoms with Crippen LogP contribution in [0.25, 0.3) is 0 Å². The normalized spacial score (nSPS) is 14.2. The molecule has 1 unspecified atom stereocenters. The van der Waals surface area contributed by atoms with Gasteiger partial charge < -0.3 is 14.8 Å². The summed E-state index contributed by atoms with van der Waals surface area (Å²) in [6.07, 6.45) is 0. The molecule has 0 bridgehead atoms. The van der Waals surface area contributed by atoms with Gasteiger partial charge in [0, 0.05) is 18.2 Å². The van der Waals surface area contributed by atoms with Gasteiger partial charge in [-0.25, -0.2) is 0 Å². The molecule has 0 saturated heterocycles. The third-order valence-corrected chi connectivity index (χ3v) is 4.11. The van der Waals surface area contributed by atoms with Crippen molar-refractivity contribution in [3.63, 3.8) is 0 Å². The smallest absolute Gasteiger partial charge is 0.231 e. The standard InChI is InChI=1S/C18H21NO2/c1-12-7-8-15(9-13(12)2)14(3)19-10-16-5-4-6-17-18(16)21-11-20-17/h4-9,14,19H,10-11H2,1-3H3. The Morgan fingerprint density at radius 3 is 2.76 bits per heavy atom. The molecule has 0 amide bonds. The molecule has 0 fully saturated rings. The Morgan fingerprint density at radius 1 is 1.10 bits per heavy atom. The van der Waals surface area contributed by atoms with Crippen molar-refractivity contribution in [2.75, 3.05) is 6.79 Å². The number of hydrogen-bond acceptors (Lipinski definition) is 3. The molecule has 110 valence electrons. The van der Waals surface area contributed by atoms with Gasteiger partial charge in [-0.1, -0.05) is 30.3 Å². The van der Waals surface area contributed by atoms with Crippen molar-refractivity contribution in [3.8, 4) is 11.5 Å². The number of aryl methyl sites for hydroxylation is 2. The molecule has 3 nitrogen and oxygen atoms in total. The third kappa shape index (κ3) is 2.88. The van der Waals surface area contributed by atoms with Gasteiger partial charge in [0.15, 0.2) is 11.5 Å². The molecule has 3 heteroatoms. The maximum absolute atomic E-state index is 5.54. The lowest BCUT2D eigenvalue weighted by atomic mass is 10.0. The summed E-state index contributed by atoms with van der Waals surface area (Å²) in [4.78, 5) is 0. The average Bonchev–Trinajstić information content (AvgIpc) is 2.96. The van der Waals surface area contributed by atoms with Crippen LogP contribution in [-0.4, -0.2) is 6.79 Å². The first-order chi connectivity index (χ1) is 10.1. The topological polar surface area (TPSA) is 30.5 Å². The SMILES string of the molecule is Cc1ccc(C(C)NCc2cccc3c2OCO3)cc1C. The molecular formula is C18H21NO2. The Balaban J connectivity index is 1.70. The molecular weight excluding hydrogens is 262 g/mol. The van der Waals surface area contributed by atoms with E-state index in [1.54, 1.807) is 0 Å². The summed E-state index contributed by atoms with van der Waals surface area (Å²) in [6, 6.07) is 12.9. The molecule has 1 aliphatic rings. The van der Waals surface area contributed by atoms with Crippen LogP contribution in [0, 0.1) is 13.8 Å². The Kier molecular flexibility index (Phi) is 3.84. The summed E-state index contributed by atoms with van der Waals surface area (Å²) >= 11 is 0. The Labute approximate surface area is 125 Å². The Hall–Kier alpha value is -2.00. The second kappa shape index (κ2) is 5.78. The molecule has 1 aliphatic heterocycles. The van der Waals surface area contributed by atoms with Gasteiger partial charge in [-0.15, -0.1) is 0 Å². The molecule has 1 N–H and O–H groups in total. The number of hydrogen-bond donors (Lipinski definition) is 1. The minimum absolute atomic E-state index is 0.294. The first-order valence-corrected chi connectivity index (χ1v) is 7.33. The first-order valence-electron chi connectivity index (χ1n) is 7.33. The molecule has 0 saturated carbocycles. The van der Waals surface area contributed by atoms with Crippen molar-refractivity contribution in [2.24, 2.45) is 0 Å². The number of benzene rings is 2. The summed E-state index contributed by atoms with van der Waals surface area (Å²) in [5.74, 6) is 1.71. The van der Waals surface area contributed by atoms with Gasteiger partial charge in [0.05, 0.1) is 0 Å². The maximum atomic E-state index is 5.54. The number of fused-ring (bicyclic) bond motifs is 1. The molecule has 1 atom stereocenters. The molecule has 2 aromatic carbocycles. The summed E-state index contributed by atoms with van der Waals surface area (Å²) in [5.41, 5.74) is 5.11. The highest BCUT2D eigenvalue weighted by Crippen LogP contribution is 2.35. The minimum atomic E-state index is 0.294. The Bertz CT molecular complexity index is 652. The maximum Gasteiger partial charge on any atom is 0.231 e. The third-order valence-electron chi connectivity index (χ3n) is 4.11. The minimum Gasteiger partial charge on any atom is -0.454 e. The zero-order chi connectivity index (χ0) is 14.8. The monoisotopic (exact) mass is 283 g/mol. The van der Waals surface area contributed by atoms with Crippen LogP contribution in [0.2, 0.25) is 0 Å². The van der Waals surface area contributed by atoms with E-state index in [0.29, 0.717) is 12.8 Å². The summed E-state index contributed by atoms with van der Waals surface area (Å²) in [5, 5.41) is 3.56. The van der Waals surface area contributed by atoms with E-state index in [9.17, 15) is 0 Å². The summed E-state index contributed by atoms with van der Waals surface area (Å²) in [7, 11) is 0. The summed E-state index contributed by atoms with van der Waals surface area (Å²) in [6.45, 7) is 7.56. The van der Waals surface area contributed by atoms with Gasteiger partial charge >= 0.3 is 0 Å². The van der Waals surface area contributed by atoms with Gasteiger partial charge in [-0.3, -0.25) is 0 Å². The molecule has 21 heavy (non-hydrogen) atoms. The van der Waals surface area contributed by atoms with Gasteiger partial charge in [-0.2, -0.15) is 0 Å². The number of nitrogens with one attached hydrogen (secondary N) is 1. The highest BCUT2D eigenvalue weighted by Gasteiger charge is 2.17. The van der Waals surface area contributed by atoms with E-state index in [1.165, 1.54) is 16.7 Å². The van der Waals surface area contributed by atoms with E-state index >= 15 is 0 Å². The highest BCUT2D eigenvalue weighted by atomic mass is 16.7. The fraction of sp³-hybridized carbons (Fsp3) is 0.333. The zero-order valence-electron chi connectivity index (χ0n) is 12.8. The molecule has 0 aromatic heterocycles. The van der Waals surface area contributed by atoms with Crippen molar-refractivity contribution >= 4 is 0 Å². The van der Waals surface area contributed by atoms with Crippen molar-refractivity contribution in [3.05, 3.63) is 58.7 Å². The number of rotatable bonds is 4. The molecule has 2 aromatic rings. The van der Waals surface area contributed by atoms with Crippen molar-refractivity contribution in [1.29, 1.82) is 0 Å². The van der Waals surface area contributed by atoms with Crippen molar-refractivity contribution < 1.29 is 9.47 Å². The number of ether oxygens (including phenoxy) is 2. The second-order valence-corrected chi connectivity index (χ2v) is 5.60. The van der Waals surface area contributed by atoms with Crippen LogP contribution in [0.5, 0.6) is 11.5 Å². The molecule has 3 rings (SSSR count). The van der Waals surface area contributed by atoms with Crippen molar-refractivity contribution in [2.45, 2.75) is 33.4 Å². The number of para-hydroxylation sites is 1. The van der Waals surface area contributed by atoms with Gasteiger partial charge in [0.25, 0.3) is 0 Å². The fourth-order valence-corrected chi connectivity index (χ4v) is 2.54. The first kappa shape index (κ1) is 14.0. The quantitative estimate of drug-likeness (QED) is 0.923. The predicted molar refractivity (Wildman–Crippen MR) is 83.7 cm³/mol. The lowest BCUT2D eigenvalue weighted by Gasteiger charge is -2.16. The fourth-order valence-electron chi connectivity index (χ4n) is 2.54. The molecule has 0 aliphatic carbocycles. The van der Waals surface area contributed by atoms with Gasteiger partial charge in [-0.05, 0) is 43.5 Å². The predicted octanol–water partition coefficient (Wildman–Crippen LogP) is 3.88. The average molecular weight is 283 g/mol. The zero-order valence-corrected chi connectivity index (χ0v) is 12.8. The van der Waals surface area contributed by atoms with Crippen LogP contribution in [0.1, 0.15) is 35.2 Å². The van der Waals surface area contributed by atoms with E-state index in [2.05, 4.69) is 50.4 Å². The van der Waals surface area contributed by atoms with Crippen LogP contribution in [-0.2, 0) is 6.54 Å². The van der Waals surface area contributed by atoms with E-state index in [-0.39, 0.29) is 0 Å². The van der Waals surface area contributed by atoms with E-state index in [4.69, 9.17) is 9.47 Å². The van der Waals surface area contributed by atoms with E-state index < -0.39 is 0 Å². The molecule has 0 radical (unpaired) electrons. The van der Waals surface area contributed by atoms with E-state index in [1.807, 2.05) is 12.1 Å². The van der Waals surface area contributed by atoms with Crippen LogP contribution in [0.4, 0.5) is 0 Å². The Morgan fingerprint density at radius 2 is 1.95 bits per heavy atom. The van der Waals surface area contributed by atoms with Crippen LogP contribution >= 0.6 is 0 Å². The highest BCUT2D eigenvalue weighted by molar-refractivity contribution is 5.48. The molecule has 0 spiro atoms. The van der Waals surface area contributed by atoms with Crippen LogP contribution in [0.3, 0.4) is 0 Å². The van der Waals surface area contributed by atoms with E-state index in [0.717, 1.165) is 23.6 Å². The molecule has 1 heterocycles.